The van der Waals surface area contributed by atoms with Gasteiger partial charge in [0.2, 0.25) is 0 Å². The molecule has 0 fully saturated rings. The minimum Gasteiger partial charge on any atom is -0.339 e. The number of rotatable bonds is 3. The Morgan fingerprint density at radius 3 is 2.93 bits per heavy atom. The minimum atomic E-state index is 0.0377. The minimum absolute atomic E-state index is 0.0377. The molecular formula is C13H13NO. The molecular weight excluding hydrogens is 186 g/mol. The van der Waals surface area contributed by atoms with Gasteiger partial charge in [-0.05, 0) is 24.6 Å². The van der Waals surface area contributed by atoms with E-state index in [9.17, 15) is 4.79 Å². The molecule has 2 aromatic rings. The lowest BCUT2D eigenvalue weighted by Crippen LogP contribution is -2.05. The van der Waals surface area contributed by atoms with Crippen molar-refractivity contribution in [3.63, 3.8) is 0 Å². The first-order valence-corrected chi connectivity index (χ1v) is 4.92. The second-order valence-electron chi connectivity index (χ2n) is 3.63. The maximum absolute atomic E-state index is 11.3. The molecule has 76 valence electrons. The molecule has 1 heterocycles. The van der Waals surface area contributed by atoms with Crippen molar-refractivity contribution in [2.24, 2.45) is 0 Å². The van der Waals surface area contributed by atoms with Gasteiger partial charge in [-0.15, -0.1) is 0 Å². The Hall–Kier alpha value is -1.83. The summed E-state index contributed by atoms with van der Waals surface area (Å²) in [5, 5.41) is 1.20. The van der Waals surface area contributed by atoms with E-state index >= 15 is 0 Å². The van der Waals surface area contributed by atoms with Gasteiger partial charge in [0.1, 0.15) is 0 Å². The van der Waals surface area contributed by atoms with E-state index in [1.54, 1.807) is 0 Å². The van der Waals surface area contributed by atoms with E-state index in [-0.39, 0.29) is 5.78 Å². The van der Waals surface area contributed by atoms with E-state index < -0.39 is 0 Å². The van der Waals surface area contributed by atoms with E-state index in [0.717, 1.165) is 5.52 Å². The molecule has 15 heavy (non-hydrogen) atoms. The molecule has 0 aliphatic carbocycles. The largest absolute Gasteiger partial charge is 0.339 e. The number of hydrogen-bond acceptors (Lipinski definition) is 1. The van der Waals surface area contributed by atoms with Crippen molar-refractivity contribution >= 4 is 16.7 Å². The average molecular weight is 199 g/mol. The highest BCUT2D eigenvalue weighted by Gasteiger charge is 2.05. The summed E-state index contributed by atoms with van der Waals surface area (Å²) in [4.78, 5) is 11.3. The van der Waals surface area contributed by atoms with Gasteiger partial charge in [0, 0.05) is 17.1 Å². The molecule has 2 heteroatoms. The van der Waals surface area contributed by atoms with Gasteiger partial charge in [-0.3, -0.25) is 4.79 Å². The molecule has 0 bridgehead atoms. The van der Waals surface area contributed by atoms with Crippen molar-refractivity contribution in [1.29, 1.82) is 0 Å². The van der Waals surface area contributed by atoms with E-state index in [1.165, 1.54) is 17.0 Å². The zero-order chi connectivity index (χ0) is 10.8. The molecule has 2 rings (SSSR count). The van der Waals surface area contributed by atoms with Gasteiger partial charge in [0.05, 0.1) is 6.54 Å². The van der Waals surface area contributed by atoms with Crippen LogP contribution in [-0.4, -0.2) is 10.4 Å². The van der Waals surface area contributed by atoms with Crippen LogP contribution < -0.4 is 0 Å². The predicted octanol–water partition coefficient (Wildman–Crippen LogP) is 2.70. The summed E-state index contributed by atoms with van der Waals surface area (Å²) in [6, 6.07) is 8.09. The number of aromatic nitrogens is 1. The van der Waals surface area contributed by atoms with Gasteiger partial charge in [-0.2, -0.15) is 0 Å². The number of aryl methyl sites for hydroxylation is 1. The number of fused-ring (bicyclic) bond motifs is 1. The molecule has 1 aromatic heterocycles. The van der Waals surface area contributed by atoms with Crippen molar-refractivity contribution in [3.05, 3.63) is 48.7 Å². The molecule has 0 saturated carbocycles. The van der Waals surface area contributed by atoms with E-state index in [0.29, 0.717) is 6.54 Å². The zero-order valence-electron chi connectivity index (χ0n) is 8.73. The van der Waals surface area contributed by atoms with Crippen LogP contribution in [0.1, 0.15) is 5.56 Å². The first kappa shape index (κ1) is 9.71. The van der Waals surface area contributed by atoms with Crippen LogP contribution in [0.3, 0.4) is 0 Å². The van der Waals surface area contributed by atoms with Crippen LogP contribution in [0.2, 0.25) is 0 Å². The number of benzene rings is 1. The lowest BCUT2D eigenvalue weighted by Gasteiger charge is -2.01. The normalized spacial score (nSPS) is 10.5. The van der Waals surface area contributed by atoms with Crippen LogP contribution in [0.5, 0.6) is 0 Å². The van der Waals surface area contributed by atoms with Gasteiger partial charge in [0.15, 0.2) is 5.78 Å². The summed E-state index contributed by atoms with van der Waals surface area (Å²) < 4.78 is 1.97. The third-order valence-electron chi connectivity index (χ3n) is 2.54. The van der Waals surface area contributed by atoms with Crippen LogP contribution in [-0.2, 0) is 11.3 Å². The first-order valence-electron chi connectivity index (χ1n) is 4.92. The monoisotopic (exact) mass is 199 g/mol. The Morgan fingerprint density at radius 2 is 2.20 bits per heavy atom. The number of hydrogen-bond donors (Lipinski definition) is 0. The molecule has 0 aliphatic rings. The van der Waals surface area contributed by atoms with E-state index in [1.807, 2.05) is 29.0 Å². The third-order valence-corrected chi connectivity index (χ3v) is 2.54. The van der Waals surface area contributed by atoms with Gasteiger partial charge in [-0.25, -0.2) is 0 Å². The number of para-hydroxylation sites is 1. The van der Waals surface area contributed by atoms with Crippen LogP contribution in [0.15, 0.2) is 43.1 Å². The fourth-order valence-electron chi connectivity index (χ4n) is 1.79. The lowest BCUT2D eigenvalue weighted by molar-refractivity contribution is -0.115. The quantitative estimate of drug-likeness (QED) is 0.696. The van der Waals surface area contributed by atoms with E-state index in [2.05, 4.69) is 19.6 Å². The smallest absolute Gasteiger partial charge is 0.174 e. The molecule has 2 nitrogen and oxygen atoms in total. The maximum atomic E-state index is 11.3. The fourth-order valence-corrected chi connectivity index (χ4v) is 1.79. The summed E-state index contributed by atoms with van der Waals surface area (Å²) >= 11 is 0. The molecule has 0 amide bonds. The summed E-state index contributed by atoms with van der Waals surface area (Å²) in [5.74, 6) is 0.0377. The second kappa shape index (κ2) is 3.73. The van der Waals surface area contributed by atoms with Gasteiger partial charge >= 0.3 is 0 Å². The number of ketones is 1. The molecule has 0 aliphatic heterocycles. The Balaban J connectivity index is 2.52. The Bertz CT molecular complexity index is 522. The van der Waals surface area contributed by atoms with Crippen molar-refractivity contribution < 1.29 is 4.79 Å². The summed E-state index contributed by atoms with van der Waals surface area (Å²) in [6.07, 6.45) is 3.37. The standard InChI is InChI=1S/C13H13NO/c1-3-11(15)9-14-8-10(2)12-6-4-5-7-13(12)14/h3-8H,1,9H2,2H3. The van der Waals surface area contributed by atoms with Crippen LogP contribution >= 0.6 is 0 Å². The van der Waals surface area contributed by atoms with E-state index in [4.69, 9.17) is 0 Å². The lowest BCUT2D eigenvalue weighted by atomic mass is 10.2. The molecule has 1 aromatic carbocycles. The molecule has 0 radical (unpaired) electrons. The predicted molar refractivity (Wildman–Crippen MR) is 61.9 cm³/mol. The highest BCUT2D eigenvalue weighted by molar-refractivity contribution is 5.91. The number of carbonyl (C=O) groups is 1. The topological polar surface area (TPSA) is 22.0 Å². The molecule has 0 N–H and O–H groups in total. The van der Waals surface area contributed by atoms with Crippen LogP contribution in [0.4, 0.5) is 0 Å². The first-order chi connectivity index (χ1) is 7.22. The second-order valence-corrected chi connectivity index (χ2v) is 3.63. The van der Waals surface area contributed by atoms with Crippen molar-refractivity contribution in [1.82, 2.24) is 4.57 Å². The highest BCUT2D eigenvalue weighted by atomic mass is 16.1. The van der Waals surface area contributed by atoms with Crippen molar-refractivity contribution in [2.75, 3.05) is 0 Å². The zero-order valence-corrected chi connectivity index (χ0v) is 8.73. The molecule has 0 saturated heterocycles. The van der Waals surface area contributed by atoms with Gasteiger partial charge in [0.25, 0.3) is 0 Å². The SMILES string of the molecule is C=CC(=O)Cn1cc(C)c2ccccc21. The van der Waals surface area contributed by atoms with Crippen molar-refractivity contribution in [3.8, 4) is 0 Å². The van der Waals surface area contributed by atoms with Crippen LogP contribution in [0, 0.1) is 6.92 Å². The van der Waals surface area contributed by atoms with Crippen molar-refractivity contribution in [2.45, 2.75) is 13.5 Å². The van der Waals surface area contributed by atoms with Gasteiger partial charge < -0.3 is 4.57 Å². The Kier molecular flexibility index (Phi) is 2.42. The molecule has 0 atom stereocenters. The Labute approximate surface area is 88.8 Å². The number of allylic oxidation sites excluding steroid dienone is 1. The molecule has 0 spiro atoms. The van der Waals surface area contributed by atoms with Gasteiger partial charge in [-0.1, -0.05) is 24.8 Å². The number of carbonyl (C=O) groups excluding carboxylic acids is 1. The highest BCUT2D eigenvalue weighted by Crippen LogP contribution is 2.20. The number of nitrogens with zero attached hydrogens (tertiary/aromatic N) is 1. The molecule has 0 unspecified atom stereocenters. The summed E-state index contributed by atoms with van der Waals surface area (Å²) in [7, 11) is 0. The van der Waals surface area contributed by atoms with Crippen LogP contribution in [0.25, 0.3) is 10.9 Å². The summed E-state index contributed by atoms with van der Waals surface area (Å²) in [6.45, 7) is 5.91. The average Bonchev–Trinajstić information content (AvgIpc) is 2.57. The maximum Gasteiger partial charge on any atom is 0.174 e. The third kappa shape index (κ3) is 1.71. The summed E-state index contributed by atoms with van der Waals surface area (Å²) in [5.41, 5.74) is 2.30. The Morgan fingerprint density at radius 1 is 1.47 bits per heavy atom. The fraction of sp³-hybridized carbons (Fsp3) is 0.154.